The van der Waals surface area contributed by atoms with Crippen LogP contribution in [0.15, 0.2) is 35.3 Å². The van der Waals surface area contributed by atoms with Crippen LogP contribution in [-0.2, 0) is 21.3 Å². The molecule has 5 nitrogen and oxygen atoms in total. The number of nitrogens with zero attached hydrogens (tertiary/aromatic N) is 1. The Kier molecular flexibility index (Phi) is 16.3. The fourth-order valence-corrected chi connectivity index (χ4v) is 3.10. The predicted molar refractivity (Wildman–Crippen MR) is 118 cm³/mol. The van der Waals surface area contributed by atoms with E-state index in [1.54, 1.807) is 7.05 Å². The largest absolute Gasteiger partial charge is 0.381 e. The number of halogens is 1. The number of nitrogens with one attached hydrogen (secondary N) is 2. The molecule has 1 unspecified atom stereocenters. The Labute approximate surface area is 171 Å². The number of benzene rings is 1. The van der Waals surface area contributed by atoms with Gasteiger partial charge in [0, 0.05) is 55.7 Å². The zero-order chi connectivity index (χ0) is 17.5. The minimum atomic E-state index is -0.867. The maximum absolute atomic E-state index is 12.1. The normalized spacial score (nSPS) is 12.3. The standard InChI is InChI=1S/C18H31N3O2S.HI/c1-3-4-13-23-14-8-11-20-18(19-2)21-12-15-24(22)16-17-9-6-5-7-10-17;/h5-7,9-10H,3-4,8,11-16H2,1-2H3,(H2,19,20,21);1H. The number of hydrogen-bond acceptors (Lipinski definition) is 3. The Morgan fingerprint density at radius 1 is 1.12 bits per heavy atom. The molecular weight excluding hydrogens is 449 g/mol. The van der Waals surface area contributed by atoms with Gasteiger partial charge in [-0.3, -0.25) is 9.20 Å². The first-order valence-electron chi connectivity index (χ1n) is 8.67. The van der Waals surface area contributed by atoms with Gasteiger partial charge in [-0.2, -0.15) is 0 Å². The Hall–Kier alpha value is -0.670. The van der Waals surface area contributed by atoms with Gasteiger partial charge in [0.05, 0.1) is 0 Å². The molecule has 144 valence electrons. The lowest BCUT2D eigenvalue weighted by Crippen LogP contribution is -2.39. The summed E-state index contributed by atoms with van der Waals surface area (Å²) in [4.78, 5) is 4.17. The molecule has 0 spiro atoms. The number of unbranched alkanes of at least 4 members (excludes halogenated alkanes) is 1. The lowest BCUT2D eigenvalue weighted by atomic mass is 10.2. The molecule has 25 heavy (non-hydrogen) atoms. The van der Waals surface area contributed by atoms with Crippen LogP contribution in [0.25, 0.3) is 0 Å². The summed E-state index contributed by atoms with van der Waals surface area (Å²) in [5, 5.41) is 6.45. The molecule has 0 heterocycles. The van der Waals surface area contributed by atoms with Crippen molar-refractivity contribution in [2.75, 3.05) is 39.1 Å². The molecule has 0 aliphatic rings. The van der Waals surface area contributed by atoms with Gasteiger partial charge < -0.3 is 15.4 Å². The first kappa shape index (κ1) is 24.3. The smallest absolute Gasteiger partial charge is 0.191 e. The van der Waals surface area contributed by atoms with Crippen LogP contribution in [0.2, 0.25) is 0 Å². The first-order chi connectivity index (χ1) is 11.8. The average molecular weight is 481 g/mol. The summed E-state index contributed by atoms with van der Waals surface area (Å²) >= 11 is 0. The van der Waals surface area contributed by atoms with E-state index in [9.17, 15) is 4.21 Å². The van der Waals surface area contributed by atoms with Crippen LogP contribution in [0.4, 0.5) is 0 Å². The van der Waals surface area contributed by atoms with Crippen LogP contribution in [0, 0.1) is 0 Å². The molecule has 0 fully saturated rings. The third-order valence-electron chi connectivity index (χ3n) is 3.42. The number of ether oxygens (including phenoxy) is 1. The van der Waals surface area contributed by atoms with Gasteiger partial charge in [-0.05, 0) is 18.4 Å². The van der Waals surface area contributed by atoms with E-state index in [-0.39, 0.29) is 24.0 Å². The molecule has 0 saturated carbocycles. The van der Waals surface area contributed by atoms with E-state index in [0.717, 1.165) is 44.1 Å². The second kappa shape index (κ2) is 16.8. The molecular formula is C18H32IN3O2S. The van der Waals surface area contributed by atoms with E-state index in [4.69, 9.17) is 4.74 Å². The van der Waals surface area contributed by atoms with Crippen LogP contribution in [0.1, 0.15) is 31.7 Å². The summed E-state index contributed by atoms with van der Waals surface area (Å²) in [6.45, 7) is 5.24. The number of hydrogen-bond donors (Lipinski definition) is 2. The topological polar surface area (TPSA) is 62.7 Å². The van der Waals surface area contributed by atoms with Crippen molar-refractivity contribution in [3.05, 3.63) is 35.9 Å². The van der Waals surface area contributed by atoms with Crippen molar-refractivity contribution >= 4 is 40.7 Å². The Morgan fingerprint density at radius 2 is 1.80 bits per heavy atom. The van der Waals surface area contributed by atoms with Gasteiger partial charge in [0.25, 0.3) is 0 Å². The van der Waals surface area contributed by atoms with Crippen LogP contribution in [0.5, 0.6) is 0 Å². The molecule has 1 aromatic carbocycles. The van der Waals surface area contributed by atoms with Gasteiger partial charge in [0.1, 0.15) is 0 Å². The van der Waals surface area contributed by atoms with E-state index in [1.165, 1.54) is 6.42 Å². The lowest BCUT2D eigenvalue weighted by molar-refractivity contribution is 0.129. The molecule has 7 heteroatoms. The summed E-state index contributed by atoms with van der Waals surface area (Å²) in [6, 6.07) is 9.94. The summed E-state index contributed by atoms with van der Waals surface area (Å²) in [7, 11) is 0.877. The van der Waals surface area contributed by atoms with Crippen LogP contribution in [-0.4, -0.2) is 49.3 Å². The highest BCUT2D eigenvalue weighted by molar-refractivity contribution is 14.0. The zero-order valence-corrected chi connectivity index (χ0v) is 18.5. The van der Waals surface area contributed by atoms with Crippen LogP contribution >= 0.6 is 24.0 Å². The SMILES string of the molecule is CCCCOCCCNC(=NC)NCCS(=O)Cc1ccccc1.I. The van der Waals surface area contributed by atoms with Crippen molar-refractivity contribution in [2.45, 2.75) is 31.9 Å². The molecule has 1 atom stereocenters. The zero-order valence-electron chi connectivity index (χ0n) is 15.3. The minimum absolute atomic E-state index is 0. The Balaban J connectivity index is 0.00000576. The first-order valence-corrected chi connectivity index (χ1v) is 10.2. The van der Waals surface area contributed by atoms with Crippen LogP contribution < -0.4 is 10.6 Å². The molecule has 2 N–H and O–H groups in total. The summed E-state index contributed by atoms with van der Waals surface area (Å²) in [5.74, 6) is 1.96. The number of guanidine groups is 1. The van der Waals surface area contributed by atoms with E-state index in [0.29, 0.717) is 18.1 Å². The monoisotopic (exact) mass is 481 g/mol. The summed E-state index contributed by atoms with van der Waals surface area (Å²) in [6.07, 6.45) is 3.24. The molecule has 0 aliphatic heterocycles. The molecule has 0 aromatic heterocycles. The highest BCUT2D eigenvalue weighted by Gasteiger charge is 2.03. The van der Waals surface area contributed by atoms with E-state index in [2.05, 4.69) is 22.5 Å². The van der Waals surface area contributed by atoms with Gasteiger partial charge in [-0.1, -0.05) is 43.7 Å². The van der Waals surface area contributed by atoms with Crippen molar-refractivity contribution in [3.8, 4) is 0 Å². The molecule has 0 bridgehead atoms. The molecule has 0 radical (unpaired) electrons. The quantitative estimate of drug-likeness (QED) is 0.209. The maximum atomic E-state index is 12.1. The van der Waals surface area contributed by atoms with Crippen molar-refractivity contribution in [2.24, 2.45) is 4.99 Å². The van der Waals surface area contributed by atoms with Crippen LogP contribution in [0.3, 0.4) is 0 Å². The molecule has 0 amide bonds. The maximum Gasteiger partial charge on any atom is 0.191 e. The fraction of sp³-hybridized carbons (Fsp3) is 0.611. The second-order valence-electron chi connectivity index (χ2n) is 5.52. The van der Waals surface area contributed by atoms with Gasteiger partial charge in [0.15, 0.2) is 5.96 Å². The third-order valence-corrected chi connectivity index (χ3v) is 4.73. The van der Waals surface area contributed by atoms with Gasteiger partial charge >= 0.3 is 0 Å². The highest BCUT2D eigenvalue weighted by atomic mass is 127. The average Bonchev–Trinajstić information content (AvgIpc) is 2.60. The van der Waals surface area contributed by atoms with E-state index in [1.807, 2.05) is 30.3 Å². The van der Waals surface area contributed by atoms with E-state index >= 15 is 0 Å². The van der Waals surface area contributed by atoms with Gasteiger partial charge in [-0.25, -0.2) is 0 Å². The summed E-state index contributed by atoms with van der Waals surface area (Å²) in [5.41, 5.74) is 1.11. The third kappa shape index (κ3) is 13.2. The minimum Gasteiger partial charge on any atom is -0.381 e. The van der Waals surface area contributed by atoms with Gasteiger partial charge in [0.2, 0.25) is 0 Å². The molecule has 0 aliphatic carbocycles. The summed E-state index contributed by atoms with van der Waals surface area (Å²) < 4.78 is 17.6. The Bertz CT molecular complexity index is 486. The second-order valence-corrected chi connectivity index (χ2v) is 7.10. The van der Waals surface area contributed by atoms with Crippen molar-refractivity contribution < 1.29 is 8.95 Å². The van der Waals surface area contributed by atoms with Crippen molar-refractivity contribution in [1.82, 2.24) is 10.6 Å². The molecule has 1 rings (SSSR count). The predicted octanol–water partition coefficient (Wildman–Crippen LogP) is 2.93. The lowest BCUT2D eigenvalue weighted by Gasteiger charge is -2.12. The van der Waals surface area contributed by atoms with Gasteiger partial charge in [-0.15, -0.1) is 24.0 Å². The number of rotatable bonds is 12. The molecule has 0 saturated heterocycles. The van der Waals surface area contributed by atoms with E-state index < -0.39 is 10.8 Å². The fourth-order valence-electron chi connectivity index (χ4n) is 2.07. The van der Waals surface area contributed by atoms with Crippen molar-refractivity contribution in [3.63, 3.8) is 0 Å². The van der Waals surface area contributed by atoms with Crippen molar-refractivity contribution in [1.29, 1.82) is 0 Å². The highest BCUT2D eigenvalue weighted by Crippen LogP contribution is 2.02. The Morgan fingerprint density at radius 3 is 2.48 bits per heavy atom. The number of aliphatic imine (C=N–C) groups is 1. The molecule has 1 aromatic rings.